The van der Waals surface area contributed by atoms with Gasteiger partial charge in [-0.25, -0.2) is 4.68 Å². The molecule has 1 aromatic carbocycles. The van der Waals surface area contributed by atoms with Crippen LogP contribution >= 0.6 is 34.9 Å². The Morgan fingerprint density at radius 3 is 3.04 bits per heavy atom. The van der Waals surface area contributed by atoms with Crippen LogP contribution in [0.2, 0.25) is 0 Å². The molecule has 0 spiro atoms. The molecule has 1 atom stereocenters. The normalized spacial score (nSPS) is 16.8. The Balaban J connectivity index is 1.45. The van der Waals surface area contributed by atoms with Crippen molar-refractivity contribution in [3.63, 3.8) is 0 Å². The van der Waals surface area contributed by atoms with Crippen LogP contribution in [0.4, 0.5) is 5.69 Å². The van der Waals surface area contributed by atoms with Gasteiger partial charge in [-0.1, -0.05) is 36.9 Å². The Bertz CT molecular complexity index is 911. The van der Waals surface area contributed by atoms with Gasteiger partial charge in [0.15, 0.2) is 0 Å². The lowest BCUT2D eigenvalue weighted by Crippen LogP contribution is -2.33. The van der Waals surface area contributed by atoms with Gasteiger partial charge in [0.25, 0.3) is 0 Å². The zero-order valence-corrected chi connectivity index (χ0v) is 17.3. The lowest BCUT2D eigenvalue weighted by atomic mass is 10.2. The fourth-order valence-electron chi connectivity index (χ4n) is 2.90. The van der Waals surface area contributed by atoms with E-state index in [9.17, 15) is 4.79 Å². The second-order valence-electron chi connectivity index (χ2n) is 6.22. The summed E-state index contributed by atoms with van der Waals surface area (Å²) in [6, 6.07) is 12.2. The summed E-state index contributed by atoms with van der Waals surface area (Å²) in [5.74, 6) is 0.408. The maximum atomic E-state index is 13.0. The third-order valence-corrected chi connectivity index (χ3v) is 7.29. The summed E-state index contributed by atoms with van der Waals surface area (Å²) in [7, 11) is 0. The monoisotopic (exact) mass is 417 g/mol. The van der Waals surface area contributed by atoms with Crippen molar-refractivity contribution in [3.8, 4) is 0 Å². The number of aromatic nitrogens is 4. The second-order valence-corrected chi connectivity index (χ2v) is 9.67. The fraction of sp³-hybridized carbons (Fsp3) is 0.333. The molecule has 0 N–H and O–H groups in total. The first-order chi connectivity index (χ1) is 13.2. The Morgan fingerprint density at radius 1 is 1.30 bits per heavy atom. The quantitative estimate of drug-likeness (QED) is 0.589. The van der Waals surface area contributed by atoms with E-state index in [2.05, 4.69) is 34.6 Å². The smallest absolute Gasteiger partial charge is 0.237 e. The van der Waals surface area contributed by atoms with E-state index < -0.39 is 0 Å². The van der Waals surface area contributed by atoms with Crippen molar-refractivity contribution in [3.05, 3.63) is 46.7 Å². The number of benzene rings is 1. The molecular formula is C18H19N5OS3. The molecule has 0 unspecified atom stereocenters. The van der Waals surface area contributed by atoms with Crippen LogP contribution in [0.3, 0.4) is 0 Å². The summed E-state index contributed by atoms with van der Waals surface area (Å²) in [6.07, 6.45) is 0.978. The molecule has 0 bridgehead atoms. The third kappa shape index (κ3) is 4.36. The number of hydrogen-bond acceptors (Lipinski definition) is 7. The average molecular weight is 418 g/mol. The Hall–Kier alpha value is -1.84. The SMILES string of the molecule is C[C@H]1CCN(C(=O)CSc2nnnn2Cc2cccs2)c2ccccc2S1. The van der Waals surface area contributed by atoms with Crippen molar-refractivity contribution in [2.75, 3.05) is 17.2 Å². The van der Waals surface area contributed by atoms with Gasteiger partial charge in [0, 0.05) is 21.6 Å². The number of hydrogen-bond donors (Lipinski definition) is 0. The van der Waals surface area contributed by atoms with Gasteiger partial charge in [0.1, 0.15) is 0 Å². The Kier molecular flexibility index (Phi) is 5.80. The minimum atomic E-state index is 0.0906. The highest BCUT2D eigenvalue weighted by Crippen LogP contribution is 2.37. The van der Waals surface area contributed by atoms with Gasteiger partial charge in [0.2, 0.25) is 11.1 Å². The summed E-state index contributed by atoms with van der Waals surface area (Å²) >= 11 is 4.90. The molecular weight excluding hydrogens is 398 g/mol. The summed E-state index contributed by atoms with van der Waals surface area (Å²) in [5.41, 5.74) is 1.01. The maximum Gasteiger partial charge on any atom is 0.237 e. The van der Waals surface area contributed by atoms with Gasteiger partial charge < -0.3 is 4.90 Å². The summed E-state index contributed by atoms with van der Waals surface area (Å²) in [5, 5.41) is 15.1. The third-order valence-electron chi connectivity index (χ3n) is 4.25. The fourth-order valence-corrected chi connectivity index (χ4v) is 5.45. The van der Waals surface area contributed by atoms with Gasteiger partial charge in [-0.15, -0.1) is 28.2 Å². The van der Waals surface area contributed by atoms with E-state index in [4.69, 9.17) is 0 Å². The molecule has 0 aliphatic carbocycles. The number of para-hydroxylation sites is 1. The summed E-state index contributed by atoms with van der Waals surface area (Å²) in [4.78, 5) is 17.2. The highest BCUT2D eigenvalue weighted by atomic mass is 32.2. The number of nitrogens with zero attached hydrogens (tertiary/aromatic N) is 5. The van der Waals surface area contributed by atoms with Crippen LogP contribution in [-0.2, 0) is 11.3 Å². The number of carbonyl (C=O) groups is 1. The average Bonchev–Trinajstić information content (AvgIpc) is 3.30. The largest absolute Gasteiger partial charge is 0.311 e. The van der Waals surface area contributed by atoms with E-state index in [1.54, 1.807) is 16.0 Å². The van der Waals surface area contributed by atoms with Crippen LogP contribution in [0.25, 0.3) is 0 Å². The highest BCUT2D eigenvalue weighted by Gasteiger charge is 2.24. The maximum absolute atomic E-state index is 13.0. The number of amides is 1. The van der Waals surface area contributed by atoms with Gasteiger partial charge in [-0.05, 0) is 40.4 Å². The van der Waals surface area contributed by atoms with E-state index in [1.807, 2.05) is 46.3 Å². The van der Waals surface area contributed by atoms with Gasteiger partial charge >= 0.3 is 0 Å². The Morgan fingerprint density at radius 2 is 2.19 bits per heavy atom. The first kappa shape index (κ1) is 18.5. The molecule has 2 aromatic heterocycles. The van der Waals surface area contributed by atoms with Gasteiger partial charge in [-0.3, -0.25) is 4.79 Å². The van der Waals surface area contributed by atoms with E-state index >= 15 is 0 Å². The van der Waals surface area contributed by atoms with E-state index in [0.717, 1.165) is 18.7 Å². The lowest BCUT2D eigenvalue weighted by Gasteiger charge is -2.22. The van der Waals surface area contributed by atoms with Crippen LogP contribution in [0.15, 0.2) is 51.8 Å². The number of tetrazole rings is 1. The van der Waals surface area contributed by atoms with Crippen molar-refractivity contribution in [2.45, 2.75) is 35.2 Å². The number of anilines is 1. The second kappa shape index (κ2) is 8.45. The van der Waals surface area contributed by atoms with E-state index in [1.165, 1.54) is 21.5 Å². The lowest BCUT2D eigenvalue weighted by molar-refractivity contribution is -0.116. The molecule has 0 radical (unpaired) electrons. The van der Waals surface area contributed by atoms with Crippen molar-refractivity contribution in [2.24, 2.45) is 0 Å². The number of carbonyl (C=O) groups excluding carboxylic acids is 1. The predicted octanol–water partition coefficient (Wildman–Crippen LogP) is 3.79. The zero-order valence-electron chi connectivity index (χ0n) is 14.8. The summed E-state index contributed by atoms with van der Waals surface area (Å²) < 4.78 is 1.75. The molecule has 0 saturated heterocycles. The molecule has 3 heterocycles. The van der Waals surface area contributed by atoms with Gasteiger partial charge in [-0.2, -0.15) is 0 Å². The number of thioether (sulfide) groups is 2. The van der Waals surface area contributed by atoms with Crippen molar-refractivity contribution >= 4 is 46.5 Å². The molecule has 140 valence electrons. The molecule has 1 aliphatic heterocycles. The van der Waals surface area contributed by atoms with Crippen molar-refractivity contribution in [1.82, 2.24) is 20.2 Å². The number of rotatable bonds is 5. The first-order valence-electron chi connectivity index (χ1n) is 8.68. The number of fused-ring (bicyclic) bond motifs is 1. The topological polar surface area (TPSA) is 63.9 Å². The van der Waals surface area contributed by atoms with Gasteiger partial charge in [0.05, 0.1) is 18.0 Å². The molecule has 27 heavy (non-hydrogen) atoms. The molecule has 9 heteroatoms. The van der Waals surface area contributed by atoms with Crippen molar-refractivity contribution in [1.29, 1.82) is 0 Å². The first-order valence-corrected chi connectivity index (χ1v) is 11.4. The minimum Gasteiger partial charge on any atom is -0.311 e. The molecule has 0 saturated carbocycles. The molecule has 4 rings (SSSR count). The predicted molar refractivity (Wildman–Crippen MR) is 111 cm³/mol. The van der Waals surface area contributed by atoms with Crippen LogP contribution < -0.4 is 4.90 Å². The number of thiophene rings is 1. The zero-order chi connectivity index (χ0) is 18.6. The van der Waals surface area contributed by atoms with Crippen LogP contribution in [0.5, 0.6) is 0 Å². The van der Waals surface area contributed by atoms with E-state index in [0.29, 0.717) is 22.7 Å². The molecule has 0 fully saturated rings. The standard InChI is InChI=1S/C18H19N5OS3/c1-13-8-9-22(15-6-2-3-7-16(15)27-13)17(24)12-26-18-19-20-21-23(18)11-14-5-4-10-25-14/h2-7,10,13H,8-9,11-12H2,1H3/t13-/m0/s1. The Labute approximate surface area is 170 Å². The van der Waals surface area contributed by atoms with E-state index in [-0.39, 0.29) is 5.91 Å². The molecule has 6 nitrogen and oxygen atoms in total. The van der Waals surface area contributed by atoms with Crippen molar-refractivity contribution < 1.29 is 4.79 Å². The summed E-state index contributed by atoms with van der Waals surface area (Å²) in [6.45, 7) is 3.58. The highest BCUT2D eigenvalue weighted by molar-refractivity contribution is 8.00. The van der Waals surface area contributed by atoms with Crippen LogP contribution in [0, 0.1) is 0 Å². The minimum absolute atomic E-state index is 0.0906. The molecule has 1 amide bonds. The molecule has 1 aliphatic rings. The van der Waals surface area contributed by atoms with Crippen LogP contribution in [0.1, 0.15) is 18.2 Å². The van der Waals surface area contributed by atoms with Crippen LogP contribution in [-0.4, -0.2) is 43.7 Å². The molecule has 3 aromatic rings.